The molecule has 1 saturated heterocycles. The van der Waals surface area contributed by atoms with Crippen LogP contribution in [0.5, 0.6) is 11.6 Å². The maximum Gasteiger partial charge on any atom is 0.219 e. The number of nitrogens with one attached hydrogen (secondary N) is 1. The van der Waals surface area contributed by atoms with Gasteiger partial charge in [-0.15, -0.1) is 0 Å². The number of hydrogen-bond donors (Lipinski definition) is 2. The molecule has 0 spiro atoms. The molecule has 1 atom stereocenters. The zero-order chi connectivity index (χ0) is 23.3. The van der Waals surface area contributed by atoms with Gasteiger partial charge in [0.1, 0.15) is 18.1 Å². The van der Waals surface area contributed by atoms with Gasteiger partial charge in [0.15, 0.2) is 0 Å². The largest absolute Gasteiger partial charge is 0.439 e. The number of aromatic amines is 1. The minimum absolute atomic E-state index is 0.406. The third kappa shape index (κ3) is 5.28. The van der Waals surface area contributed by atoms with E-state index in [4.69, 9.17) is 4.74 Å². The number of aromatic nitrogens is 4. The highest BCUT2D eigenvalue weighted by atomic mass is 16.5. The topological polar surface area (TPSA) is 107 Å². The summed E-state index contributed by atoms with van der Waals surface area (Å²) in [5, 5.41) is 17.4. The summed E-state index contributed by atoms with van der Waals surface area (Å²) in [5.41, 5.74) is 3.86. The monoisotopic (exact) mass is 458 g/mol. The van der Waals surface area contributed by atoms with E-state index in [1.54, 1.807) is 12.4 Å². The number of aliphatic hydroxyl groups excluding tert-OH is 1. The van der Waals surface area contributed by atoms with Crippen molar-refractivity contribution in [1.82, 2.24) is 30.0 Å². The van der Waals surface area contributed by atoms with Crippen molar-refractivity contribution in [1.29, 1.82) is 0 Å². The van der Waals surface area contributed by atoms with Crippen molar-refractivity contribution in [3.63, 3.8) is 0 Å². The van der Waals surface area contributed by atoms with E-state index < -0.39 is 6.10 Å². The van der Waals surface area contributed by atoms with Gasteiger partial charge in [0.2, 0.25) is 5.88 Å². The Morgan fingerprint density at radius 2 is 1.88 bits per heavy atom. The first kappa shape index (κ1) is 22.1. The molecule has 34 heavy (non-hydrogen) atoms. The molecular formula is C25H26N6O3. The van der Waals surface area contributed by atoms with Crippen molar-refractivity contribution in [2.45, 2.75) is 12.6 Å². The van der Waals surface area contributed by atoms with Gasteiger partial charge < -0.3 is 14.6 Å². The predicted octanol–water partition coefficient (Wildman–Crippen LogP) is 2.49. The molecule has 4 heterocycles. The number of nitrogens with zero attached hydrogens (tertiary/aromatic N) is 5. The third-order valence-corrected chi connectivity index (χ3v) is 5.96. The third-order valence-electron chi connectivity index (χ3n) is 5.96. The van der Waals surface area contributed by atoms with E-state index in [0.29, 0.717) is 24.5 Å². The first-order chi connectivity index (χ1) is 16.7. The average Bonchev–Trinajstić information content (AvgIpc) is 3.41. The molecule has 2 N–H and O–H groups in total. The molecule has 0 radical (unpaired) electrons. The van der Waals surface area contributed by atoms with Crippen molar-refractivity contribution < 1.29 is 14.6 Å². The number of H-pyrrole nitrogens is 1. The summed E-state index contributed by atoms with van der Waals surface area (Å²) in [7, 11) is 0. The van der Waals surface area contributed by atoms with Crippen LogP contribution in [0.4, 0.5) is 0 Å². The Balaban J connectivity index is 1.20. The lowest BCUT2D eigenvalue weighted by atomic mass is 10.1. The molecule has 1 aromatic carbocycles. The molecule has 174 valence electrons. The summed E-state index contributed by atoms with van der Waals surface area (Å²) >= 11 is 0. The molecule has 1 aliphatic rings. The second-order valence-corrected chi connectivity index (χ2v) is 8.44. The Morgan fingerprint density at radius 3 is 2.62 bits per heavy atom. The number of aliphatic hydroxyl groups is 1. The van der Waals surface area contributed by atoms with E-state index in [2.05, 4.69) is 36.0 Å². The van der Waals surface area contributed by atoms with Crippen LogP contribution in [0.1, 0.15) is 5.56 Å². The number of rotatable bonds is 8. The van der Waals surface area contributed by atoms with Gasteiger partial charge in [0.25, 0.3) is 0 Å². The van der Waals surface area contributed by atoms with E-state index in [1.807, 2.05) is 42.6 Å². The fraction of sp³-hybridized carbons (Fsp3) is 0.280. The van der Waals surface area contributed by atoms with Crippen molar-refractivity contribution in [2.24, 2.45) is 0 Å². The number of ether oxygens (including phenoxy) is 1. The maximum atomic E-state index is 10.6. The van der Waals surface area contributed by atoms with E-state index in [0.717, 1.165) is 60.4 Å². The molecule has 1 fully saturated rings. The molecule has 5 rings (SSSR count). The zero-order valence-corrected chi connectivity index (χ0v) is 18.7. The first-order valence-electron chi connectivity index (χ1n) is 11.3. The number of piperazine rings is 1. The van der Waals surface area contributed by atoms with Crippen LogP contribution in [-0.4, -0.2) is 80.2 Å². The number of β-amino-alcohol motifs (C(OH)–C–C–N with tert-alkyl or cyclic N) is 1. The number of carbonyl (C=O) groups is 1. The minimum atomic E-state index is -0.901. The Labute approximate surface area is 197 Å². The Kier molecular flexibility index (Phi) is 6.57. The molecule has 0 amide bonds. The minimum Gasteiger partial charge on any atom is -0.439 e. The van der Waals surface area contributed by atoms with E-state index in [9.17, 15) is 9.90 Å². The molecular weight excluding hydrogens is 432 g/mol. The number of benzene rings is 1. The molecule has 0 unspecified atom stereocenters. The second kappa shape index (κ2) is 10.1. The highest BCUT2D eigenvalue weighted by Gasteiger charge is 2.19. The van der Waals surface area contributed by atoms with Crippen molar-refractivity contribution >= 4 is 17.2 Å². The summed E-state index contributed by atoms with van der Waals surface area (Å²) < 4.78 is 5.93. The smallest absolute Gasteiger partial charge is 0.219 e. The standard InChI is InChI=1S/C25H26N6O3/c32-17-21(33)16-31-9-7-30(8-10-31)15-18-11-19-1-3-22(12-24(19)26-13-18)34-25-4-2-20(14-27-25)23-5-6-28-29-23/h1-6,11-14,17,21,33H,7-10,15-16H2,(H,28,29)/t21-/m0/s1. The van der Waals surface area contributed by atoms with Crippen LogP contribution in [-0.2, 0) is 11.3 Å². The van der Waals surface area contributed by atoms with Gasteiger partial charge in [0.05, 0.1) is 11.2 Å². The molecule has 1 aliphatic heterocycles. The van der Waals surface area contributed by atoms with Crippen LogP contribution in [0.3, 0.4) is 0 Å². The van der Waals surface area contributed by atoms with E-state index in [1.165, 1.54) is 0 Å². The van der Waals surface area contributed by atoms with Gasteiger partial charge in [0, 0.05) is 80.9 Å². The van der Waals surface area contributed by atoms with Gasteiger partial charge in [-0.3, -0.25) is 19.9 Å². The highest BCUT2D eigenvalue weighted by Crippen LogP contribution is 2.26. The number of hydrogen-bond acceptors (Lipinski definition) is 8. The van der Waals surface area contributed by atoms with Crippen LogP contribution < -0.4 is 4.74 Å². The molecule has 0 aliphatic carbocycles. The SMILES string of the molecule is O=C[C@@H](O)CN1CCN(Cc2cnc3cc(Oc4ccc(-c5ccn[nH]5)cn4)ccc3c2)CC1. The first-order valence-corrected chi connectivity index (χ1v) is 11.3. The Hall–Kier alpha value is -3.66. The quantitative estimate of drug-likeness (QED) is 0.388. The summed E-state index contributed by atoms with van der Waals surface area (Å²) in [6.07, 6.45) is 5.06. The van der Waals surface area contributed by atoms with Crippen molar-refractivity contribution in [2.75, 3.05) is 32.7 Å². The maximum absolute atomic E-state index is 10.6. The van der Waals surface area contributed by atoms with Crippen molar-refractivity contribution in [3.05, 3.63) is 66.6 Å². The Morgan fingerprint density at radius 1 is 1.03 bits per heavy atom. The number of carbonyl (C=O) groups excluding carboxylic acids is 1. The lowest BCUT2D eigenvalue weighted by Gasteiger charge is -2.35. The molecule has 0 saturated carbocycles. The van der Waals surface area contributed by atoms with Crippen molar-refractivity contribution in [3.8, 4) is 22.9 Å². The lowest BCUT2D eigenvalue weighted by molar-refractivity contribution is -0.115. The second-order valence-electron chi connectivity index (χ2n) is 8.44. The fourth-order valence-electron chi connectivity index (χ4n) is 4.13. The molecule has 9 heteroatoms. The van der Waals surface area contributed by atoms with Gasteiger partial charge in [-0.25, -0.2) is 4.98 Å². The predicted molar refractivity (Wildman–Crippen MR) is 127 cm³/mol. The Bertz CT molecular complexity index is 1240. The highest BCUT2D eigenvalue weighted by molar-refractivity contribution is 5.80. The van der Waals surface area contributed by atoms with E-state index in [-0.39, 0.29) is 0 Å². The summed E-state index contributed by atoms with van der Waals surface area (Å²) in [6, 6.07) is 13.7. The molecule has 4 aromatic rings. The average molecular weight is 459 g/mol. The van der Waals surface area contributed by atoms with Crippen LogP contribution in [0.25, 0.3) is 22.2 Å². The number of aldehydes is 1. The molecule has 9 nitrogen and oxygen atoms in total. The number of fused-ring (bicyclic) bond motifs is 1. The van der Waals surface area contributed by atoms with Gasteiger partial charge in [-0.1, -0.05) is 0 Å². The lowest BCUT2D eigenvalue weighted by Crippen LogP contribution is -2.48. The molecule has 3 aromatic heterocycles. The summed E-state index contributed by atoms with van der Waals surface area (Å²) in [5.74, 6) is 1.20. The van der Waals surface area contributed by atoms with Crippen LogP contribution >= 0.6 is 0 Å². The summed E-state index contributed by atoms with van der Waals surface area (Å²) in [6.45, 7) is 4.68. The number of pyridine rings is 2. The van der Waals surface area contributed by atoms with Crippen LogP contribution in [0, 0.1) is 0 Å². The summed E-state index contributed by atoms with van der Waals surface area (Å²) in [4.78, 5) is 24.2. The zero-order valence-electron chi connectivity index (χ0n) is 18.7. The van der Waals surface area contributed by atoms with Gasteiger partial charge >= 0.3 is 0 Å². The fourth-order valence-corrected chi connectivity index (χ4v) is 4.13. The molecule has 0 bridgehead atoms. The van der Waals surface area contributed by atoms with Crippen LogP contribution in [0.2, 0.25) is 0 Å². The normalized spacial score (nSPS) is 15.9. The van der Waals surface area contributed by atoms with Gasteiger partial charge in [-0.2, -0.15) is 5.10 Å². The van der Waals surface area contributed by atoms with E-state index >= 15 is 0 Å². The van der Waals surface area contributed by atoms with Crippen LogP contribution in [0.15, 0.2) is 61.1 Å². The van der Waals surface area contributed by atoms with Gasteiger partial charge in [-0.05, 0) is 35.9 Å².